The summed E-state index contributed by atoms with van der Waals surface area (Å²) in [6.07, 6.45) is 3.42. The number of carbonyl (C=O) groups excluding carboxylic acids is 1. The minimum absolute atomic E-state index is 0.185. The van der Waals surface area contributed by atoms with Gasteiger partial charge in [-0.1, -0.05) is 29.8 Å². The first-order valence-electron chi connectivity index (χ1n) is 9.69. The number of carbonyl (C=O) groups is 1. The van der Waals surface area contributed by atoms with Gasteiger partial charge in [-0.2, -0.15) is 0 Å². The zero-order valence-corrected chi connectivity index (χ0v) is 16.5. The van der Waals surface area contributed by atoms with Crippen molar-refractivity contribution in [1.82, 2.24) is 4.90 Å². The summed E-state index contributed by atoms with van der Waals surface area (Å²) in [5, 5.41) is 0. The van der Waals surface area contributed by atoms with Gasteiger partial charge in [0, 0.05) is 12.6 Å². The Morgan fingerprint density at radius 1 is 1.19 bits per heavy atom. The molecule has 0 aliphatic carbocycles. The summed E-state index contributed by atoms with van der Waals surface area (Å²) < 4.78 is 11.2. The first-order valence-corrected chi connectivity index (χ1v) is 9.69. The Morgan fingerprint density at radius 2 is 2.04 bits per heavy atom. The second-order valence-electron chi connectivity index (χ2n) is 7.31. The SMILES string of the molecule is COc1cccc(CC2CCCN2C(=O)CCOc2ccc(C)cc2C)c1. The van der Waals surface area contributed by atoms with Gasteiger partial charge < -0.3 is 14.4 Å². The number of benzene rings is 2. The number of rotatable bonds is 7. The summed E-state index contributed by atoms with van der Waals surface area (Å²) in [6, 6.07) is 14.5. The molecule has 1 amide bonds. The maximum Gasteiger partial charge on any atom is 0.226 e. The molecule has 27 heavy (non-hydrogen) atoms. The van der Waals surface area contributed by atoms with Crippen LogP contribution in [0.1, 0.15) is 36.0 Å². The Bertz CT molecular complexity index is 787. The predicted molar refractivity (Wildman–Crippen MR) is 107 cm³/mol. The molecule has 0 aromatic heterocycles. The van der Waals surface area contributed by atoms with Gasteiger partial charge in [-0.05, 0) is 62.4 Å². The summed E-state index contributed by atoms with van der Waals surface area (Å²) in [4.78, 5) is 14.8. The van der Waals surface area contributed by atoms with E-state index in [1.807, 2.05) is 36.1 Å². The highest BCUT2D eigenvalue weighted by Gasteiger charge is 2.28. The van der Waals surface area contributed by atoms with Crippen molar-refractivity contribution < 1.29 is 14.3 Å². The summed E-state index contributed by atoms with van der Waals surface area (Å²) in [7, 11) is 1.68. The van der Waals surface area contributed by atoms with Crippen molar-refractivity contribution in [2.75, 3.05) is 20.3 Å². The van der Waals surface area contributed by atoms with Gasteiger partial charge in [0.05, 0.1) is 20.1 Å². The van der Waals surface area contributed by atoms with E-state index in [1.165, 1.54) is 11.1 Å². The highest BCUT2D eigenvalue weighted by Crippen LogP contribution is 2.24. The topological polar surface area (TPSA) is 38.8 Å². The lowest BCUT2D eigenvalue weighted by Gasteiger charge is -2.25. The van der Waals surface area contributed by atoms with Gasteiger partial charge >= 0.3 is 0 Å². The van der Waals surface area contributed by atoms with Crippen LogP contribution in [0.2, 0.25) is 0 Å². The summed E-state index contributed by atoms with van der Waals surface area (Å²) in [6.45, 7) is 5.37. The molecule has 1 aliphatic heterocycles. The third-order valence-electron chi connectivity index (χ3n) is 5.21. The molecule has 4 nitrogen and oxygen atoms in total. The molecule has 2 aromatic carbocycles. The first-order chi connectivity index (χ1) is 13.1. The molecule has 1 heterocycles. The lowest BCUT2D eigenvalue weighted by atomic mass is 10.0. The molecular weight excluding hydrogens is 338 g/mol. The quantitative estimate of drug-likeness (QED) is 0.732. The molecular formula is C23H29NO3. The summed E-state index contributed by atoms with van der Waals surface area (Å²) in [5.74, 6) is 1.91. The molecule has 0 N–H and O–H groups in total. The van der Waals surface area contributed by atoms with Gasteiger partial charge in [0.15, 0.2) is 0 Å². The smallest absolute Gasteiger partial charge is 0.226 e. The molecule has 1 atom stereocenters. The molecule has 0 spiro atoms. The Labute approximate surface area is 162 Å². The minimum atomic E-state index is 0.185. The monoisotopic (exact) mass is 367 g/mol. The van der Waals surface area contributed by atoms with Crippen molar-refractivity contribution in [2.24, 2.45) is 0 Å². The van der Waals surface area contributed by atoms with Crippen molar-refractivity contribution in [1.29, 1.82) is 0 Å². The van der Waals surface area contributed by atoms with Crippen LogP contribution in [0.5, 0.6) is 11.5 Å². The van der Waals surface area contributed by atoms with E-state index in [9.17, 15) is 4.79 Å². The third kappa shape index (κ3) is 5.03. The van der Waals surface area contributed by atoms with Crippen LogP contribution in [0.25, 0.3) is 0 Å². The van der Waals surface area contributed by atoms with Crippen LogP contribution in [0, 0.1) is 13.8 Å². The molecule has 4 heteroatoms. The van der Waals surface area contributed by atoms with Crippen LogP contribution in [-0.4, -0.2) is 37.1 Å². The standard InChI is InChI=1S/C23H29NO3/c1-17-9-10-22(18(2)14-17)27-13-11-23(25)24-12-5-7-20(24)15-19-6-4-8-21(16-19)26-3/h4,6,8-10,14,16,20H,5,7,11-13,15H2,1-3H3. The van der Waals surface area contributed by atoms with E-state index in [-0.39, 0.29) is 11.9 Å². The number of hydrogen-bond acceptors (Lipinski definition) is 3. The molecule has 0 bridgehead atoms. The van der Waals surface area contributed by atoms with E-state index in [0.717, 1.165) is 42.9 Å². The van der Waals surface area contributed by atoms with E-state index in [0.29, 0.717) is 13.0 Å². The largest absolute Gasteiger partial charge is 0.497 e. The van der Waals surface area contributed by atoms with Crippen molar-refractivity contribution >= 4 is 5.91 Å². The van der Waals surface area contributed by atoms with Crippen LogP contribution in [0.4, 0.5) is 0 Å². The summed E-state index contributed by atoms with van der Waals surface area (Å²) >= 11 is 0. The normalized spacial score (nSPS) is 16.4. The number of likely N-dealkylation sites (tertiary alicyclic amines) is 1. The molecule has 0 saturated carbocycles. The van der Waals surface area contributed by atoms with Crippen molar-refractivity contribution in [3.63, 3.8) is 0 Å². The third-order valence-corrected chi connectivity index (χ3v) is 5.21. The van der Waals surface area contributed by atoms with E-state index in [1.54, 1.807) is 7.11 Å². The van der Waals surface area contributed by atoms with Gasteiger partial charge in [-0.15, -0.1) is 0 Å². The van der Waals surface area contributed by atoms with Crippen LogP contribution in [0.15, 0.2) is 42.5 Å². The molecule has 2 aromatic rings. The van der Waals surface area contributed by atoms with Gasteiger partial charge in [0.25, 0.3) is 0 Å². The molecule has 3 rings (SSSR count). The van der Waals surface area contributed by atoms with E-state index in [2.05, 4.69) is 25.1 Å². The fraction of sp³-hybridized carbons (Fsp3) is 0.435. The average Bonchev–Trinajstić information content (AvgIpc) is 3.11. The number of ether oxygens (including phenoxy) is 2. The second kappa shape index (κ2) is 8.94. The lowest BCUT2D eigenvalue weighted by molar-refractivity contribution is -0.132. The van der Waals surface area contributed by atoms with Crippen LogP contribution in [0.3, 0.4) is 0 Å². The highest BCUT2D eigenvalue weighted by atomic mass is 16.5. The van der Waals surface area contributed by atoms with Gasteiger partial charge in [0.2, 0.25) is 5.91 Å². The molecule has 1 saturated heterocycles. The molecule has 144 valence electrons. The predicted octanol–water partition coefficient (Wildman–Crippen LogP) is 4.31. The zero-order chi connectivity index (χ0) is 19.2. The highest BCUT2D eigenvalue weighted by molar-refractivity contribution is 5.77. The minimum Gasteiger partial charge on any atom is -0.497 e. The van der Waals surface area contributed by atoms with Gasteiger partial charge in [0.1, 0.15) is 11.5 Å². The fourth-order valence-corrected chi connectivity index (χ4v) is 3.80. The number of amides is 1. The number of aryl methyl sites for hydroxylation is 2. The average molecular weight is 367 g/mol. The summed E-state index contributed by atoms with van der Waals surface area (Å²) in [5.41, 5.74) is 3.54. The number of methoxy groups -OCH3 is 1. The van der Waals surface area contributed by atoms with Gasteiger partial charge in [-0.3, -0.25) is 4.79 Å². The van der Waals surface area contributed by atoms with Crippen molar-refractivity contribution in [3.8, 4) is 11.5 Å². The maximum atomic E-state index is 12.7. The Balaban J connectivity index is 1.53. The number of hydrogen-bond donors (Lipinski definition) is 0. The lowest BCUT2D eigenvalue weighted by Crippen LogP contribution is -2.37. The van der Waals surface area contributed by atoms with Gasteiger partial charge in [-0.25, -0.2) is 0 Å². The Hall–Kier alpha value is -2.49. The van der Waals surface area contributed by atoms with E-state index in [4.69, 9.17) is 9.47 Å². The molecule has 1 unspecified atom stereocenters. The fourth-order valence-electron chi connectivity index (χ4n) is 3.80. The van der Waals surface area contributed by atoms with E-state index >= 15 is 0 Å². The first kappa shape index (κ1) is 19.3. The van der Waals surface area contributed by atoms with Crippen LogP contribution < -0.4 is 9.47 Å². The maximum absolute atomic E-state index is 12.7. The molecule has 0 radical (unpaired) electrons. The molecule has 1 aliphatic rings. The number of nitrogens with zero attached hydrogens (tertiary/aromatic N) is 1. The molecule has 1 fully saturated rings. The Kier molecular flexibility index (Phi) is 6.38. The van der Waals surface area contributed by atoms with Crippen LogP contribution in [-0.2, 0) is 11.2 Å². The Morgan fingerprint density at radius 3 is 2.81 bits per heavy atom. The van der Waals surface area contributed by atoms with Crippen molar-refractivity contribution in [2.45, 2.75) is 45.6 Å². The zero-order valence-electron chi connectivity index (χ0n) is 16.5. The van der Waals surface area contributed by atoms with Crippen molar-refractivity contribution in [3.05, 3.63) is 59.2 Å². The van der Waals surface area contributed by atoms with E-state index < -0.39 is 0 Å². The second-order valence-corrected chi connectivity index (χ2v) is 7.31. The van der Waals surface area contributed by atoms with Crippen LogP contribution >= 0.6 is 0 Å².